The first-order chi connectivity index (χ1) is 13.4. The highest BCUT2D eigenvalue weighted by Crippen LogP contribution is 2.22. The maximum atomic E-state index is 11.4. The average Bonchev–Trinajstić information content (AvgIpc) is 2.71. The van der Waals surface area contributed by atoms with Gasteiger partial charge < -0.3 is 15.5 Å². The van der Waals surface area contributed by atoms with Gasteiger partial charge in [-0.05, 0) is 17.5 Å². The molecule has 2 N–H and O–H groups in total. The van der Waals surface area contributed by atoms with E-state index in [1.54, 1.807) is 6.92 Å². The second-order valence-electron chi connectivity index (χ2n) is 8.13. The molecule has 1 aliphatic heterocycles. The van der Waals surface area contributed by atoms with Crippen LogP contribution in [0.5, 0.6) is 0 Å². The zero-order valence-corrected chi connectivity index (χ0v) is 18.2. The summed E-state index contributed by atoms with van der Waals surface area (Å²) < 4.78 is 0. The van der Waals surface area contributed by atoms with Gasteiger partial charge in [0.15, 0.2) is 5.96 Å². The molecule has 1 amide bonds. The van der Waals surface area contributed by atoms with Crippen LogP contribution in [0.2, 0.25) is 0 Å². The number of guanidine groups is 1. The van der Waals surface area contributed by atoms with E-state index in [9.17, 15) is 4.79 Å². The molecule has 1 saturated heterocycles. The van der Waals surface area contributed by atoms with Gasteiger partial charge in [0, 0.05) is 65.2 Å². The molecule has 6 heteroatoms. The van der Waals surface area contributed by atoms with E-state index in [2.05, 4.69) is 65.6 Å². The van der Waals surface area contributed by atoms with Crippen molar-refractivity contribution in [3.05, 3.63) is 35.4 Å². The van der Waals surface area contributed by atoms with Gasteiger partial charge in [0.2, 0.25) is 5.91 Å². The largest absolute Gasteiger partial charge is 0.356 e. The van der Waals surface area contributed by atoms with Gasteiger partial charge in [-0.3, -0.25) is 14.7 Å². The van der Waals surface area contributed by atoms with Gasteiger partial charge in [0.1, 0.15) is 0 Å². The first-order valence-electron chi connectivity index (χ1n) is 10.4. The molecule has 6 nitrogen and oxygen atoms in total. The summed E-state index contributed by atoms with van der Waals surface area (Å²) in [6.45, 7) is 14.5. The average molecular weight is 388 g/mol. The summed E-state index contributed by atoms with van der Waals surface area (Å²) in [5, 5.41) is 6.87. The van der Waals surface area contributed by atoms with Crippen LogP contribution in [0.4, 0.5) is 0 Å². The second-order valence-corrected chi connectivity index (χ2v) is 8.13. The number of nitrogens with zero attached hydrogens (tertiary/aromatic N) is 3. The number of aliphatic imine (C=N–C) groups is 1. The lowest BCUT2D eigenvalue weighted by molar-refractivity contribution is -0.130. The minimum atomic E-state index is 0.0207. The highest BCUT2D eigenvalue weighted by atomic mass is 16.2. The third-order valence-corrected chi connectivity index (χ3v) is 5.60. The van der Waals surface area contributed by atoms with Gasteiger partial charge in [-0.25, -0.2) is 0 Å². The molecular formula is C22H37N5O. The number of amides is 1. The number of rotatable bonds is 7. The number of piperazine rings is 1. The predicted molar refractivity (Wildman–Crippen MR) is 117 cm³/mol. The fourth-order valence-corrected chi connectivity index (χ4v) is 3.44. The van der Waals surface area contributed by atoms with Crippen molar-refractivity contribution in [3.8, 4) is 0 Å². The van der Waals surface area contributed by atoms with Gasteiger partial charge in [-0.1, -0.05) is 45.0 Å². The molecule has 0 bridgehead atoms. The lowest BCUT2D eigenvalue weighted by atomic mass is 9.84. The van der Waals surface area contributed by atoms with Gasteiger partial charge in [-0.15, -0.1) is 0 Å². The van der Waals surface area contributed by atoms with Crippen LogP contribution in [0.3, 0.4) is 0 Å². The van der Waals surface area contributed by atoms with Gasteiger partial charge >= 0.3 is 0 Å². The molecule has 1 fully saturated rings. The lowest BCUT2D eigenvalue weighted by Gasteiger charge is -2.34. The van der Waals surface area contributed by atoms with E-state index >= 15 is 0 Å². The van der Waals surface area contributed by atoms with Crippen molar-refractivity contribution in [1.29, 1.82) is 0 Å². The molecule has 2 rings (SSSR count). The number of benzene rings is 1. The van der Waals surface area contributed by atoms with Crippen LogP contribution in [-0.2, 0) is 16.6 Å². The van der Waals surface area contributed by atoms with Crippen molar-refractivity contribution in [3.63, 3.8) is 0 Å². The maximum absolute atomic E-state index is 11.4. The Morgan fingerprint density at radius 1 is 1.11 bits per heavy atom. The minimum absolute atomic E-state index is 0.0207. The van der Waals surface area contributed by atoms with E-state index in [-0.39, 0.29) is 11.3 Å². The first kappa shape index (κ1) is 22.2. The van der Waals surface area contributed by atoms with Crippen molar-refractivity contribution < 1.29 is 4.79 Å². The fourth-order valence-electron chi connectivity index (χ4n) is 3.44. The molecule has 1 aliphatic rings. The van der Waals surface area contributed by atoms with Gasteiger partial charge in [-0.2, -0.15) is 0 Å². The van der Waals surface area contributed by atoms with Crippen LogP contribution in [0.25, 0.3) is 0 Å². The number of carbonyl (C=O) groups is 1. The van der Waals surface area contributed by atoms with Gasteiger partial charge in [0.25, 0.3) is 0 Å². The van der Waals surface area contributed by atoms with E-state index in [4.69, 9.17) is 0 Å². The van der Waals surface area contributed by atoms with Crippen molar-refractivity contribution in [2.75, 3.05) is 52.9 Å². The Kier molecular flexibility index (Phi) is 8.30. The monoisotopic (exact) mass is 387 g/mol. The predicted octanol–water partition coefficient (Wildman–Crippen LogP) is 1.86. The Morgan fingerprint density at radius 3 is 2.29 bits per heavy atom. The molecule has 0 spiro atoms. The summed E-state index contributed by atoms with van der Waals surface area (Å²) >= 11 is 0. The summed E-state index contributed by atoms with van der Waals surface area (Å²) in [5.41, 5.74) is 2.72. The van der Waals surface area contributed by atoms with Crippen molar-refractivity contribution in [2.24, 2.45) is 4.99 Å². The quantitative estimate of drug-likeness (QED) is 0.554. The van der Waals surface area contributed by atoms with E-state index in [0.717, 1.165) is 58.2 Å². The number of nitrogens with one attached hydrogen (secondary N) is 2. The normalized spacial score (nSPS) is 16.2. The topological polar surface area (TPSA) is 60.0 Å². The Balaban J connectivity index is 1.74. The van der Waals surface area contributed by atoms with E-state index < -0.39 is 0 Å². The molecule has 0 aromatic heterocycles. The SMILES string of the molecule is CCc1ccc(C(C)(C)CNC(=NC)NCCN2CCN(C(C)=O)CC2)cc1. The molecule has 0 aliphatic carbocycles. The zero-order valence-electron chi connectivity index (χ0n) is 18.2. The molecule has 28 heavy (non-hydrogen) atoms. The smallest absolute Gasteiger partial charge is 0.219 e. The van der Waals surface area contributed by atoms with Crippen LogP contribution in [0, 0.1) is 0 Å². The number of hydrogen-bond acceptors (Lipinski definition) is 3. The summed E-state index contributed by atoms with van der Waals surface area (Å²) in [6, 6.07) is 8.90. The molecule has 0 radical (unpaired) electrons. The van der Waals surface area contributed by atoms with Crippen LogP contribution >= 0.6 is 0 Å². The summed E-state index contributed by atoms with van der Waals surface area (Å²) in [5.74, 6) is 1.01. The third kappa shape index (κ3) is 6.51. The standard InChI is InChI=1S/C22H37N5O/c1-6-19-7-9-20(10-8-19)22(3,4)17-25-21(23-5)24-11-12-26-13-15-27(16-14-26)18(2)28/h7-10H,6,11-17H2,1-5H3,(H2,23,24,25). The lowest BCUT2D eigenvalue weighted by Crippen LogP contribution is -2.50. The van der Waals surface area contributed by atoms with Gasteiger partial charge in [0.05, 0.1) is 0 Å². The second kappa shape index (κ2) is 10.5. The molecule has 156 valence electrons. The summed E-state index contributed by atoms with van der Waals surface area (Å²) in [7, 11) is 1.81. The minimum Gasteiger partial charge on any atom is -0.356 e. The highest BCUT2D eigenvalue weighted by Gasteiger charge is 2.21. The summed E-state index contributed by atoms with van der Waals surface area (Å²) in [4.78, 5) is 20.1. The molecule has 1 aromatic rings. The molecule has 0 atom stereocenters. The number of hydrogen-bond donors (Lipinski definition) is 2. The van der Waals surface area contributed by atoms with Crippen LogP contribution in [-0.4, -0.2) is 74.5 Å². The molecule has 0 saturated carbocycles. The molecule has 0 unspecified atom stereocenters. The maximum Gasteiger partial charge on any atom is 0.219 e. The Labute approximate surface area is 170 Å². The zero-order chi connectivity index (χ0) is 20.6. The number of aryl methyl sites for hydroxylation is 1. The third-order valence-electron chi connectivity index (χ3n) is 5.60. The Morgan fingerprint density at radius 2 is 1.75 bits per heavy atom. The van der Waals surface area contributed by atoms with Crippen LogP contribution < -0.4 is 10.6 Å². The highest BCUT2D eigenvalue weighted by molar-refractivity contribution is 5.79. The van der Waals surface area contributed by atoms with Crippen molar-refractivity contribution in [1.82, 2.24) is 20.4 Å². The van der Waals surface area contributed by atoms with Crippen LogP contribution in [0.15, 0.2) is 29.3 Å². The first-order valence-corrected chi connectivity index (χ1v) is 10.4. The summed E-state index contributed by atoms with van der Waals surface area (Å²) in [6.07, 6.45) is 1.07. The fraction of sp³-hybridized carbons (Fsp3) is 0.636. The van der Waals surface area contributed by atoms with E-state index in [1.165, 1.54) is 11.1 Å². The van der Waals surface area contributed by atoms with E-state index in [1.807, 2.05) is 11.9 Å². The Hall–Kier alpha value is -2.08. The van der Waals surface area contributed by atoms with E-state index in [0.29, 0.717) is 0 Å². The molecular weight excluding hydrogens is 350 g/mol. The molecule has 1 heterocycles. The number of carbonyl (C=O) groups excluding carboxylic acids is 1. The Bertz CT molecular complexity index is 645. The van der Waals surface area contributed by atoms with Crippen molar-refractivity contribution >= 4 is 11.9 Å². The van der Waals surface area contributed by atoms with Crippen LogP contribution in [0.1, 0.15) is 38.8 Å². The molecule has 1 aromatic carbocycles. The van der Waals surface area contributed by atoms with Crippen molar-refractivity contribution in [2.45, 2.75) is 39.5 Å².